The molecule has 0 aromatic carbocycles. The van der Waals surface area contributed by atoms with E-state index >= 15 is 0 Å². The summed E-state index contributed by atoms with van der Waals surface area (Å²) >= 11 is 0. The molecule has 0 atom stereocenters. The molecule has 0 N–H and O–H groups in total. The second-order valence-corrected chi connectivity index (χ2v) is 5.15. The summed E-state index contributed by atoms with van der Waals surface area (Å²) in [5, 5.41) is 0. The fourth-order valence-corrected chi connectivity index (χ4v) is 2.50. The highest BCUT2D eigenvalue weighted by Crippen LogP contribution is 2.11. The molecule has 5 nitrogen and oxygen atoms in total. The predicted molar refractivity (Wildman–Crippen MR) is 77.6 cm³/mol. The Hall–Kier alpha value is -1.62. The van der Waals surface area contributed by atoms with Gasteiger partial charge in [-0.2, -0.15) is 0 Å². The zero-order valence-corrected chi connectivity index (χ0v) is 12.6. The topological polar surface area (TPSA) is 45.7 Å². The summed E-state index contributed by atoms with van der Waals surface area (Å²) in [6, 6.07) is 4.19. The molecule has 0 bridgehead atoms. The number of hydrogen-bond acceptors (Lipinski definition) is 3. The number of amides is 2. The Morgan fingerprint density at radius 3 is 2.45 bits per heavy atom. The third-order valence-electron chi connectivity index (χ3n) is 3.45. The molecule has 20 heavy (non-hydrogen) atoms. The Morgan fingerprint density at radius 2 is 1.90 bits per heavy atom. The molecular weight excluding hydrogens is 254 g/mol. The van der Waals surface area contributed by atoms with Crippen molar-refractivity contribution in [2.75, 3.05) is 32.8 Å². The zero-order chi connectivity index (χ0) is 14.5. The lowest BCUT2D eigenvalue weighted by Gasteiger charge is -2.32. The fourth-order valence-electron chi connectivity index (χ4n) is 2.50. The van der Waals surface area contributed by atoms with Crippen molar-refractivity contribution in [3.63, 3.8) is 0 Å². The van der Waals surface area contributed by atoms with Crippen molar-refractivity contribution in [2.24, 2.45) is 0 Å². The lowest BCUT2D eigenvalue weighted by Crippen LogP contribution is -2.47. The van der Waals surface area contributed by atoms with Crippen molar-refractivity contribution in [2.45, 2.75) is 27.3 Å². The van der Waals surface area contributed by atoms with Crippen molar-refractivity contribution in [1.82, 2.24) is 14.8 Å². The smallest absolute Gasteiger partial charge is 0.320 e. The first-order chi connectivity index (χ1) is 9.60. The van der Waals surface area contributed by atoms with Crippen LogP contribution in [-0.2, 0) is 11.3 Å². The highest BCUT2D eigenvalue weighted by atomic mass is 16.5. The summed E-state index contributed by atoms with van der Waals surface area (Å²) in [4.78, 5) is 20.6. The van der Waals surface area contributed by atoms with Gasteiger partial charge in [-0.05, 0) is 38.5 Å². The molecular formula is C15H23N3O2. The number of aryl methyl sites for hydroxylation is 2. The summed E-state index contributed by atoms with van der Waals surface area (Å²) in [7, 11) is 0. The average molecular weight is 277 g/mol. The number of carbonyl (C=O) groups excluding carboxylic acids is 1. The van der Waals surface area contributed by atoms with E-state index in [1.54, 1.807) is 0 Å². The molecule has 0 radical (unpaired) electrons. The Labute approximate surface area is 120 Å². The summed E-state index contributed by atoms with van der Waals surface area (Å²) in [6.07, 6.45) is 0. The van der Waals surface area contributed by atoms with E-state index in [9.17, 15) is 4.79 Å². The highest BCUT2D eigenvalue weighted by molar-refractivity contribution is 5.74. The van der Waals surface area contributed by atoms with E-state index in [0.29, 0.717) is 39.4 Å². The first kappa shape index (κ1) is 14.8. The van der Waals surface area contributed by atoms with Crippen molar-refractivity contribution in [3.8, 4) is 0 Å². The maximum absolute atomic E-state index is 12.5. The zero-order valence-electron chi connectivity index (χ0n) is 12.6. The van der Waals surface area contributed by atoms with Gasteiger partial charge in [-0.25, -0.2) is 4.79 Å². The van der Waals surface area contributed by atoms with Crippen molar-refractivity contribution < 1.29 is 9.53 Å². The van der Waals surface area contributed by atoms with Crippen molar-refractivity contribution in [1.29, 1.82) is 0 Å². The molecule has 1 fully saturated rings. The van der Waals surface area contributed by atoms with E-state index in [1.165, 1.54) is 0 Å². The molecule has 2 heterocycles. The first-order valence-corrected chi connectivity index (χ1v) is 7.16. The molecule has 110 valence electrons. The van der Waals surface area contributed by atoms with E-state index < -0.39 is 0 Å². The molecule has 1 saturated heterocycles. The average Bonchev–Trinajstić information content (AvgIpc) is 2.44. The van der Waals surface area contributed by atoms with E-state index in [4.69, 9.17) is 4.74 Å². The third kappa shape index (κ3) is 3.70. The van der Waals surface area contributed by atoms with Gasteiger partial charge in [-0.3, -0.25) is 4.98 Å². The fraction of sp³-hybridized carbons (Fsp3) is 0.600. The van der Waals surface area contributed by atoms with Gasteiger partial charge in [0, 0.05) is 37.6 Å². The summed E-state index contributed by atoms with van der Waals surface area (Å²) in [5.74, 6) is 0. The van der Waals surface area contributed by atoms with Crippen LogP contribution in [0, 0.1) is 13.8 Å². The van der Waals surface area contributed by atoms with Gasteiger partial charge in [0.1, 0.15) is 0 Å². The SMILES string of the molecule is CCN(Cc1cc(C)nc(C)c1)C(=O)N1CCOCC1. The molecule has 0 aliphatic carbocycles. The van der Waals surface area contributed by atoms with Crippen molar-refractivity contribution >= 4 is 6.03 Å². The molecule has 1 aliphatic heterocycles. The van der Waals surface area contributed by atoms with Crippen LogP contribution in [-0.4, -0.2) is 53.7 Å². The Bertz CT molecular complexity index is 450. The normalized spacial score (nSPS) is 15.2. The van der Waals surface area contributed by atoms with Crippen LogP contribution >= 0.6 is 0 Å². The van der Waals surface area contributed by atoms with Gasteiger partial charge >= 0.3 is 6.03 Å². The summed E-state index contributed by atoms with van der Waals surface area (Å²) in [5.41, 5.74) is 3.13. The number of urea groups is 1. The number of morpholine rings is 1. The standard InChI is InChI=1S/C15H23N3O2/c1-4-17(15(19)18-5-7-20-8-6-18)11-14-9-12(2)16-13(3)10-14/h9-10H,4-8,11H2,1-3H3. The minimum absolute atomic E-state index is 0.0999. The summed E-state index contributed by atoms with van der Waals surface area (Å²) < 4.78 is 5.29. The molecule has 5 heteroatoms. The van der Waals surface area contributed by atoms with Crippen LogP contribution in [0.25, 0.3) is 0 Å². The quantitative estimate of drug-likeness (QED) is 0.848. The number of carbonyl (C=O) groups is 1. The number of rotatable bonds is 3. The van der Waals surface area contributed by atoms with Crippen molar-refractivity contribution in [3.05, 3.63) is 29.1 Å². The van der Waals surface area contributed by atoms with Crippen LogP contribution in [0.1, 0.15) is 23.9 Å². The van der Waals surface area contributed by atoms with Crippen LogP contribution in [0.3, 0.4) is 0 Å². The van der Waals surface area contributed by atoms with Crippen LogP contribution < -0.4 is 0 Å². The number of hydrogen-bond donors (Lipinski definition) is 0. The van der Waals surface area contributed by atoms with Crippen LogP contribution in [0.15, 0.2) is 12.1 Å². The number of aromatic nitrogens is 1. The second kappa shape index (κ2) is 6.70. The molecule has 0 spiro atoms. The molecule has 1 aliphatic rings. The monoisotopic (exact) mass is 277 g/mol. The molecule has 0 saturated carbocycles. The Morgan fingerprint density at radius 1 is 1.30 bits per heavy atom. The van der Waals surface area contributed by atoms with Gasteiger partial charge in [-0.1, -0.05) is 0 Å². The number of ether oxygens (including phenoxy) is 1. The molecule has 1 aromatic rings. The minimum Gasteiger partial charge on any atom is -0.378 e. The van der Waals surface area contributed by atoms with Gasteiger partial charge < -0.3 is 14.5 Å². The van der Waals surface area contributed by atoms with E-state index in [1.807, 2.05) is 42.7 Å². The lowest BCUT2D eigenvalue weighted by molar-refractivity contribution is 0.0430. The highest BCUT2D eigenvalue weighted by Gasteiger charge is 2.21. The Kier molecular flexibility index (Phi) is 4.95. The lowest BCUT2D eigenvalue weighted by atomic mass is 10.2. The van der Waals surface area contributed by atoms with Gasteiger partial charge in [0.05, 0.1) is 13.2 Å². The molecule has 2 amide bonds. The second-order valence-electron chi connectivity index (χ2n) is 5.15. The van der Waals surface area contributed by atoms with Crippen LogP contribution in [0.4, 0.5) is 4.79 Å². The summed E-state index contributed by atoms with van der Waals surface area (Å²) in [6.45, 7) is 9.96. The van der Waals surface area contributed by atoms with Crippen LogP contribution in [0.2, 0.25) is 0 Å². The third-order valence-corrected chi connectivity index (χ3v) is 3.45. The maximum atomic E-state index is 12.5. The molecule has 1 aromatic heterocycles. The largest absolute Gasteiger partial charge is 0.378 e. The van der Waals surface area contributed by atoms with Gasteiger partial charge in [0.25, 0.3) is 0 Å². The van der Waals surface area contributed by atoms with Gasteiger partial charge in [0.2, 0.25) is 0 Å². The molecule has 2 rings (SSSR count). The number of pyridine rings is 1. The van der Waals surface area contributed by atoms with E-state index in [0.717, 1.165) is 17.0 Å². The van der Waals surface area contributed by atoms with E-state index in [2.05, 4.69) is 4.98 Å². The number of nitrogens with zero attached hydrogens (tertiary/aromatic N) is 3. The minimum atomic E-state index is 0.0999. The van der Waals surface area contributed by atoms with E-state index in [-0.39, 0.29) is 6.03 Å². The maximum Gasteiger partial charge on any atom is 0.320 e. The molecule has 0 unspecified atom stereocenters. The van der Waals surface area contributed by atoms with Gasteiger partial charge in [0.15, 0.2) is 0 Å². The van der Waals surface area contributed by atoms with Gasteiger partial charge in [-0.15, -0.1) is 0 Å². The Balaban J connectivity index is 2.05. The van der Waals surface area contributed by atoms with Crippen LogP contribution in [0.5, 0.6) is 0 Å². The first-order valence-electron chi connectivity index (χ1n) is 7.16. The predicted octanol–water partition coefficient (Wildman–Crippen LogP) is 1.97.